The van der Waals surface area contributed by atoms with Crippen molar-refractivity contribution in [2.45, 2.75) is 19.3 Å². The SMILES string of the molecule is NC(=O)c1ccc(Br)cc1C(=O)N1CCCCC1. The third-order valence-electron chi connectivity index (χ3n) is 3.12. The molecule has 1 fully saturated rings. The molecule has 0 saturated carbocycles. The van der Waals surface area contributed by atoms with E-state index in [1.165, 1.54) is 0 Å². The van der Waals surface area contributed by atoms with Crippen LogP contribution >= 0.6 is 15.9 Å². The highest BCUT2D eigenvalue weighted by Gasteiger charge is 2.22. The number of halogens is 1. The van der Waals surface area contributed by atoms with Crippen LogP contribution in [0.1, 0.15) is 40.0 Å². The first-order valence-electron chi connectivity index (χ1n) is 5.98. The van der Waals surface area contributed by atoms with Gasteiger partial charge in [0, 0.05) is 17.6 Å². The summed E-state index contributed by atoms with van der Waals surface area (Å²) in [7, 11) is 0. The van der Waals surface area contributed by atoms with Gasteiger partial charge in [-0.05, 0) is 37.5 Å². The van der Waals surface area contributed by atoms with Crippen molar-refractivity contribution in [3.05, 3.63) is 33.8 Å². The van der Waals surface area contributed by atoms with Gasteiger partial charge >= 0.3 is 0 Å². The largest absolute Gasteiger partial charge is 0.366 e. The van der Waals surface area contributed by atoms with Crippen LogP contribution in [0.3, 0.4) is 0 Å². The number of hydrogen-bond donors (Lipinski definition) is 1. The van der Waals surface area contributed by atoms with Gasteiger partial charge in [-0.1, -0.05) is 15.9 Å². The Morgan fingerprint density at radius 3 is 2.39 bits per heavy atom. The van der Waals surface area contributed by atoms with E-state index >= 15 is 0 Å². The lowest BCUT2D eigenvalue weighted by atomic mass is 10.0. The Labute approximate surface area is 114 Å². The third-order valence-corrected chi connectivity index (χ3v) is 3.61. The highest BCUT2D eigenvalue weighted by atomic mass is 79.9. The van der Waals surface area contributed by atoms with Crippen LogP contribution < -0.4 is 5.73 Å². The van der Waals surface area contributed by atoms with E-state index in [-0.39, 0.29) is 11.5 Å². The summed E-state index contributed by atoms with van der Waals surface area (Å²) in [6, 6.07) is 4.97. The first kappa shape index (κ1) is 13.1. The molecule has 5 heteroatoms. The van der Waals surface area contributed by atoms with Crippen LogP contribution in [0, 0.1) is 0 Å². The molecule has 1 aliphatic heterocycles. The molecular weight excluding hydrogens is 296 g/mol. The molecular formula is C13H15BrN2O2. The molecule has 18 heavy (non-hydrogen) atoms. The standard InChI is InChI=1S/C13H15BrN2O2/c14-9-4-5-10(12(15)17)11(8-9)13(18)16-6-2-1-3-7-16/h4-5,8H,1-3,6-7H2,(H2,15,17). The maximum absolute atomic E-state index is 12.4. The molecule has 1 aromatic rings. The van der Waals surface area contributed by atoms with Gasteiger partial charge in [0.25, 0.3) is 5.91 Å². The van der Waals surface area contributed by atoms with E-state index in [1.807, 2.05) is 0 Å². The number of primary amides is 1. The number of hydrogen-bond acceptors (Lipinski definition) is 2. The minimum Gasteiger partial charge on any atom is -0.366 e. The minimum absolute atomic E-state index is 0.107. The molecule has 1 saturated heterocycles. The fourth-order valence-corrected chi connectivity index (χ4v) is 2.54. The van der Waals surface area contributed by atoms with Crippen LogP contribution in [0.4, 0.5) is 0 Å². The maximum atomic E-state index is 12.4. The second-order valence-corrected chi connectivity index (χ2v) is 5.32. The third kappa shape index (κ3) is 2.72. The van der Waals surface area contributed by atoms with Crippen LogP contribution in [0.5, 0.6) is 0 Å². The normalized spacial score (nSPS) is 15.5. The molecule has 4 nitrogen and oxygen atoms in total. The Balaban J connectivity index is 2.33. The van der Waals surface area contributed by atoms with Crippen LogP contribution in [0.25, 0.3) is 0 Å². The number of nitrogens with two attached hydrogens (primary N) is 1. The van der Waals surface area contributed by atoms with Crippen LogP contribution in [-0.4, -0.2) is 29.8 Å². The first-order valence-corrected chi connectivity index (χ1v) is 6.77. The van der Waals surface area contributed by atoms with Crippen molar-refractivity contribution in [1.29, 1.82) is 0 Å². The molecule has 0 aromatic heterocycles. The summed E-state index contributed by atoms with van der Waals surface area (Å²) in [5, 5.41) is 0. The number of likely N-dealkylation sites (tertiary alicyclic amines) is 1. The highest BCUT2D eigenvalue weighted by molar-refractivity contribution is 9.10. The van der Waals surface area contributed by atoms with Crippen molar-refractivity contribution < 1.29 is 9.59 Å². The first-order chi connectivity index (χ1) is 8.59. The predicted molar refractivity (Wildman–Crippen MR) is 72.4 cm³/mol. The average molecular weight is 311 g/mol. The summed E-state index contributed by atoms with van der Waals surface area (Å²) in [5.74, 6) is -0.673. The summed E-state index contributed by atoms with van der Waals surface area (Å²) in [6.07, 6.45) is 3.20. The molecule has 1 heterocycles. The van der Waals surface area contributed by atoms with Gasteiger partial charge in [0.2, 0.25) is 5.91 Å². The van der Waals surface area contributed by atoms with E-state index in [1.54, 1.807) is 23.1 Å². The topological polar surface area (TPSA) is 63.4 Å². The van der Waals surface area contributed by atoms with Crippen molar-refractivity contribution in [2.75, 3.05) is 13.1 Å². The van der Waals surface area contributed by atoms with Gasteiger partial charge in [-0.15, -0.1) is 0 Å². The Hall–Kier alpha value is -1.36. The molecule has 96 valence electrons. The van der Waals surface area contributed by atoms with Gasteiger partial charge in [0.15, 0.2) is 0 Å². The van der Waals surface area contributed by atoms with E-state index < -0.39 is 5.91 Å². The lowest BCUT2D eigenvalue weighted by Gasteiger charge is -2.27. The van der Waals surface area contributed by atoms with Gasteiger partial charge in [0.1, 0.15) is 0 Å². The fraction of sp³-hybridized carbons (Fsp3) is 0.385. The molecule has 0 radical (unpaired) electrons. The van der Waals surface area contributed by atoms with E-state index in [0.29, 0.717) is 5.56 Å². The Morgan fingerprint density at radius 1 is 1.11 bits per heavy atom. The van der Waals surface area contributed by atoms with E-state index in [4.69, 9.17) is 5.73 Å². The number of amides is 2. The van der Waals surface area contributed by atoms with Gasteiger partial charge in [0.05, 0.1) is 11.1 Å². The summed E-state index contributed by atoms with van der Waals surface area (Å²) >= 11 is 3.31. The summed E-state index contributed by atoms with van der Waals surface area (Å²) < 4.78 is 0.771. The number of nitrogens with zero attached hydrogens (tertiary/aromatic N) is 1. The molecule has 0 aliphatic carbocycles. The van der Waals surface area contributed by atoms with Crippen molar-refractivity contribution >= 4 is 27.7 Å². The zero-order valence-electron chi connectivity index (χ0n) is 9.99. The van der Waals surface area contributed by atoms with Gasteiger partial charge in [-0.25, -0.2) is 0 Å². The van der Waals surface area contributed by atoms with Crippen molar-refractivity contribution in [3.63, 3.8) is 0 Å². The molecule has 1 aliphatic rings. The van der Waals surface area contributed by atoms with Crippen molar-refractivity contribution in [2.24, 2.45) is 5.73 Å². The smallest absolute Gasteiger partial charge is 0.254 e. The minimum atomic E-state index is -0.567. The van der Waals surface area contributed by atoms with Crippen molar-refractivity contribution in [3.8, 4) is 0 Å². The van der Waals surface area contributed by atoms with Crippen LogP contribution in [-0.2, 0) is 0 Å². The molecule has 0 atom stereocenters. The van der Waals surface area contributed by atoms with E-state index in [2.05, 4.69) is 15.9 Å². The summed E-state index contributed by atoms with van der Waals surface area (Å²) in [5.41, 5.74) is 5.98. The molecule has 2 rings (SSSR count). The lowest BCUT2D eigenvalue weighted by Crippen LogP contribution is -2.36. The number of carbonyl (C=O) groups excluding carboxylic acids is 2. The van der Waals surface area contributed by atoms with E-state index in [0.717, 1.165) is 36.8 Å². The zero-order chi connectivity index (χ0) is 13.1. The molecule has 2 amide bonds. The molecule has 2 N–H and O–H groups in total. The molecule has 0 bridgehead atoms. The molecule has 0 spiro atoms. The van der Waals surface area contributed by atoms with Gasteiger partial charge < -0.3 is 10.6 Å². The highest BCUT2D eigenvalue weighted by Crippen LogP contribution is 2.20. The number of rotatable bonds is 2. The molecule has 0 unspecified atom stereocenters. The maximum Gasteiger partial charge on any atom is 0.254 e. The lowest BCUT2D eigenvalue weighted by molar-refractivity contribution is 0.0719. The van der Waals surface area contributed by atoms with E-state index in [9.17, 15) is 9.59 Å². The number of carbonyl (C=O) groups is 2. The molecule has 1 aromatic carbocycles. The fourth-order valence-electron chi connectivity index (χ4n) is 2.18. The van der Waals surface area contributed by atoms with Crippen LogP contribution in [0.15, 0.2) is 22.7 Å². The summed E-state index contributed by atoms with van der Waals surface area (Å²) in [4.78, 5) is 25.5. The Morgan fingerprint density at radius 2 is 1.78 bits per heavy atom. The second-order valence-electron chi connectivity index (χ2n) is 4.41. The zero-order valence-corrected chi connectivity index (χ0v) is 11.6. The Bertz CT molecular complexity index is 482. The Kier molecular flexibility index (Phi) is 4.01. The second kappa shape index (κ2) is 5.52. The monoisotopic (exact) mass is 310 g/mol. The van der Waals surface area contributed by atoms with Gasteiger partial charge in [-0.2, -0.15) is 0 Å². The van der Waals surface area contributed by atoms with Gasteiger partial charge in [-0.3, -0.25) is 9.59 Å². The van der Waals surface area contributed by atoms with Crippen molar-refractivity contribution in [1.82, 2.24) is 4.90 Å². The number of benzene rings is 1. The predicted octanol–water partition coefficient (Wildman–Crippen LogP) is 2.17. The average Bonchev–Trinajstić information content (AvgIpc) is 2.38. The quantitative estimate of drug-likeness (QED) is 0.910. The van der Waals surface area contributed by atoms with Crippen LogP contribution in [0.2, 0.25) is 0 Å². The summed E-state index contributed by atoms with van der Waals surface area (Å²) in [6.45, 7) is 1.51. The number of piperidine rings is 1.